The first kappa shape index (κ1) is 14.4. The summed E-state index contributed by atoms with van der Waals surface area (Å²) in [7, 11) is 0. The number of para-hydroxylation sites is 1. The molecule has 0 aliphatic carbocycles. The first-order chi connectivity index (χ1) is 9.70. The van der Waals surface area contributed by atoms with Crippen molar-refractivity contribution in [1.82, 2.24) is 0 Å². The highest BCUT2D eigenvalue weighted by Gasteiger charge is 2.09. The summed E-state index contributed by atoms with van der Waals surface area (Å²) in [5.74, 6) is -2.45. The Morgan fingerprint density at radius 2 is 1.80 bits per heavy atom. The number of thioether (sulfide) groups is 1. The highest BCUT2D eigenvalue weighted by atomic mass is 32.2. The fourth-order valence-corrected chi connectivity index (χ4v) is 2.40. The number of halogens is 2. The maximum Gasteiger partial charge on any atom is 0.288 e. The third kappa shape index (κ3) is 3.72. The Hall–Kier alpha value is -2.06. The van der Waals surface area contributed by atoms with E-state index in [2.05, 4.69) is 11.4 Å². The molecule has 0 aromatic heterocycles. The molecule has 0 saturated heterocycles. The van der Waals surface area contributed by atoms with Crippen LogP contribution >= 0.6 is 11.8 Å². The maximum absolute atomic E-state index is 12.5. The number of nitriles is 1. The summed E-state index contributed by atoms with van der Waals surface area (Å²) in [5.41, 5.74) is 2.07. The first-order valence-corrected chi connectivity index (χ1v) is 6.84. The Balaban J connectivity index is 2.13. The van der Waals surface area contributed by atoms with Gasteiger partial charge >= 0.3 is 0 Å². The average molecular weight is 290 g/mol. The van der Waals surface area contributed by atoms with Crippen molar-refractivity contribution in [3.05, 3.63) is 59.7 Å². The van der Waals surface area contributed by atoms with Gasteiger partial charge in [0.25, 0.3) is 5.76 Å². The van der Waals surface area contributed by atoms with Crippen molar-refractivity contribution in [2.24, 2.45) is 0 Å². The zero-order valence-electron chi connectivity index (χ0n) is 10.5. The van der Waals surface area contributed by atoms with Gasteiger partial charge in [0.15, 0.2) is 0 Å². The molecule has 0 heterocycles. The fourth-order valence-electron chi connectivity index (χ4n) is 1.79. The molecule has 0 radical (unpaired) electrons. The van der Waals surface area contributed by atoms with E-state index in [4.69, 9.17) is 5.26 Å². The van der Waals surface area contributed by atoms with Crippen LogP contribution in [0.4, 0.5) is 14.5 Å². The molecule has 0 spiro atoms. The lowest BCUT2D eigenvalue weighted by molar-refractivity contribution is 0.252. The van der Waals surface area contributed by atoms with Crippen molar-refractivity contribution < 1.29 is 8.78 Å². The number of hydrogen-bond acceptors (Lipinski definition) is 3. The van der Waals surface area contributed by atoms with Gasteiger partial charge in [0.1, 0.15) is 0 Å². The third-order valence-electron chi connectivity index (χ3n) is 2.71. The summed E-state index contributed by atoms with van der Waals surface area (Å²) in [6, 6.07) is 16.2. The zero-order valence-corrected chi connectivity index (χ0v) is 11.3. The Labute approximate surface area is 120 Å². The van der Waals surface area contributed by atoms with Gasteiger partial charge in [-0.1, -0.05) is 42.1 Å². The normalized spacial score (nSPS) is 10.3. The number of nitrogens with zero attached hydrogens (tertiary/aromatic N) is 1. The lowest BCUT2D eigenvalue weighted by atomic mass is 10.1. The number of alkyl halides is 2. The molecule has 0 aliphatic rings. The number of anilines is 1. The quantitative estimate of drug-likeness (QED) is 0.824. The van der Waals surface area contributed by atoms with Crippen molar-refractivity contribution in [3.63, 3.8) is 0 Å². The summed E-state index contributed by atoms with van der Waals surface area (Å²) < 4.78 is 24.9. The molecule has 0 saturated carbocycles. The van der Waals surface area contributed by atoms with Crippen LogP contribution in [0.2, 0.25) is 0 Å². The molecule has 2 nitrogen and oxygen atoms in total. The molecule has 2 rings (SSSR count). The Bertz CT molecular complexity index is 623. The van der Waals surface area contributed by atoms with Crippen LogP contribution in [0, 0.1) is 11.3 Å². The molecule has 5 heteroatoms. The summed E-state index contributed by atoms with van der Waals surface area (Å²) in [6.45, 7) is 0.421. The summed E-state index contributed by atoms with van der Waals surface area (Å²) >= 11 is 0.509. The van der Waals surface area contributed by atoms with E-state index in [-0.39, 0.29) is 0 Å². The van der Waals surface area contributed by atoms with E-state index in [9.17, 15) is 8.78 Å². The molecule has 2 aromatic carbocycles. The molecule has 0 aliphatic heterocycles. The first-order valence-electron chi connectivity index (χ1n) is 5.96. The molecular formula is C15H12F2N2S. The SMILES string of the molecule is N#Cc1ccccc1CNc1ccccc1SC(F)F. The predicted molar refractivity (Wildman–Crippen MR) is 76.8 cm³/mol. The van der Waals surface area contributed by atoms with Crippen molar-refractivity contribution >= 4 is 17.4 Å². The summed E-state index contributed by atoms with van der Waals surface area (Å²) in [6.07, 6.45) is 0. The van der Waals surface area contributed by atoms with E-state index >= 15 is 0 Å². The van der Waals surface area contributed by atoms with Crippen LogP contribution in [0.5, 0.6) is 0 Å². The molecule has 0 bridgehead atoms. The minimum Gasteiger partial charge on any atom is -0.380 e. The topological polar surface area (TPSA) is 35.8 Å². The second kappa shape index (κ2) is 6.92. The fraction of sp³-hybridized carbons (Fsp3) is 0.133. The van der Waals surface area contributed by atoms with Gasteiger partial charge in [-0.2, -0.15) is 14.0 Å². The Kier molecular flexibility index (Phi) is 4.97. The number of nitrogens with one attached hydrogen (secondary N) is 1. The van der Waals surface area contributed by atoms with Crippen molar-refractivity contribution in [2.45, 2.75) is 17.2 Å². The van der Waals surface area contributed by atoms with Gasteiger partial charge in [-0.25, -0.2) is 0 Å². The van der Waals surface area contributed by atoms with Crippen LogP contribution in [0.1, 0.15) is 11.1 Å². The maximum atomic E-state index is 12.5. The minimum atomic E-state index is -2.45. The Morgan fingerprint density at radius 1 is 1.10 bits per heavy atom. The Morgan fingerprint density at radius 3 is 2.55 bits per heavy atom. The number of benzene rings is 2. The van der Waals surface area contributed by atoms with Crippen LogP contribution in [0.25, 0.3) is 0 Å². The summed E-state index contributed by atoms with van der Waals surface area (Å²) in [5, 5.41) is 12.1. The smallest absolute Gasteiger partial charge is 0.288 e. The lowest BCUT2D eigenvalue weighted by Crippen LogP contribution is -2.02. The van der Waals surface area contributed by atoms with E-state index in [0.29, 0.717) is 34.5 Å². The monoisotopic (exact) mass is 290 g/mol. The van der Waals surface area contributed by atoms with Gasteiger partial charge in [-0.15, -0.1) is 0 Å². The molecule has 102 valence electrons. The van der Waals surface area contributed by atoms with Gasteiger partial charge < -0.3 is 5.32 Å². The number of hydrogen-bond donors (Lipinski definition) is 1. The molecule has 1 N–H and O–H groups in total. The van der Waals surface area contributed by atoms with Crippen molar-refractivity contribution in [2.75, 3.05) is 5.32 Å². The van der Waals surface area contributed by atoms with Gasteiger partial charge in [0, 0.05) is 17.1 Å². The van der Waals surface area contributed by atoms with Crippen LogP contribution in [0.15, 0.2) is 53.4 Å². The highest BCUT2D eigenvalue weighted by molar-refractivity contribution is 7.99. The molecular weight excluding hydrogens is 278 g/mol. The largest absolute Gasteiger partial charge is 0.380 e. The van der Waals surface area contributed by atoms with E-state index in [1.165, 1.54) is 0 Å². The molecule has 0 amide bonds. The van der Waals surface area contributed by atoms with Crippen LogP contribution in [-0.2, 0) is 6.54 Å². The van der Waals surface area contributed by atoms with Crippen molar-refractivity contribution in [3.8, 4) is 6.07 Å². The summed E-state index contributed by atoms with van der Waals surface area (Å²) in [4.78, 5) is 0.497. The molecule has 20 heavy (non-hydrogen) atoms. The van der Waals surface area contributed by atoms with E-state index in [1.54, 1.807) is 36.4 Å². The highest BCUT2D eigenvalue weighted by Crippen LogP contribution is 2.31. The predicted octanol–water partition coefficient (Wildman–Crippen LogP) is 4.49. The van der Waals surface area contributed by atoms with Gasteiger partial charge in [-0.3, -0.25) is 0 Å². The van der Waals surface area contributed by atoms with Gasteiger partial charge in [0.05, 0.1) is 11.6 Å². The van der Waals surface area contributed by atoms with E-state index in [1.807, 2.05) is 12.1 Å². The van der Waals surface area contributed by atoms with E-state index in [0.717, 1.165) is 5.56 Å². The minimum absolute atomic E-state index is 0.421. The molecule has 2 aromatic rings. The second-order valence-electron chi connectivity index (χ2n) is 4.00. The molecule has 0 fully saturated rings. The van der Waals surface area contributed by atoms with Gasteiger partial charge in [0.2, 0.25) is 0 Å². The van der Waals surface area contributed by atoms with Crippen molar-refractivity contribution in [1.29, 1.82) is 5.26 Å². The van der Waals surface area contributed by atoms with Crippen LogP contribution in [-0.4, -0.2) is 5.76 Å². The van der Waals surface area contributed by atoms with Crippen LogP contribution < -0.4 is 5.32 Å². The third-order valence-corrected chi connectivity index (χ3v) is 3.50. The molecule has 0 atom stereocenters. The zero-order chi connectivity index (χ0) is 14.4. The molecule has 0 unspecified atom stereocenters. The standard InChI is InChI=1S/C15H12F2N2S/c16-15(17)20-14-8-4-3-7-13(14)19-10-12-6-2-1-5-11(12)9-18/h1-8,15,19H,10H2. The average Bonchev–Trinajstić information content (AvgIpc) is 2.46. The number of rotatable bonds is 5. The lowest BCUT2D eigenvalue weighted by Gasteiger charge is -2.12. The van der Waals surface area contributed by atoms with Crippen LogP contribution in [0.3, 0.4) is 0 Å². The second-order valence-corrected chi connectivity index (χ2v) is 5.03. The van der Waals surface area contributed by atoms with Gasteiger partial charge in [-0.05, 0) is 23.8 Å². The van der Waals surface area contributed by atoms with E-state index < -0.39 is 5.76 Å².